The van der Waals surface area contributed by atoms with Crippen molar-refractivity contribution in [2.24, 2.45) is 0 Å². The van der Waals surface area contributed by atoms with Crippen molar-refractivity contribution >= 4 is 11.7 Å². The van der Waals surface area contributed by atoms with Gasteiger partial charge in [-0.25, -0.2) is 4.98 Å². The highest BCUT2D eigenvalue weighted by molar-refractivity contribution is 6.05. The van der Waals surface area contributed by atoms with E-state index in [0.717, 1.165) is 24.6 Å². The molecule has 0 bridgehead atoms. The molecule has 19 heavy (non-hydrogen) atoms. The number of carbonyl (C=O) groups is 1. The second-order valence-electron chi connectivity index (χ2n) is 4.90. The van der Waals surface area contributed by atoms with Crippen LogP contribution in [0.3, 0.4) is 0 Å². The Kier molecular flexibility index (Phi) is 3.07. The minimum absolute atomic E-state index is 0.0175. The first-order chi connectivity index (χ1) is 9.25. The number of aryl methyl sites for hydroxylation is 2. The van der Waals surface area contributed by atoms with Crippen LogP contribution in [0.2, 0.25) is 0 Å². The van der Waals surface area contributed by atoms with Crippen LogP contribution < -0.4 is 4.90 Å². The van der Waals surface area contributed by atoms with E-state index < -0.39 is 0 Å². The molecule has 1 aromatic heterocycles. The molecule has 0 radical (unpaired) electrons. The number of anilines is 1. The highest BCUT2D eigenvalue weighted by Gasteiger charge is 2.19. The molecule has 4 heteroatoms. The van der Waals surface area contributed by atoms with Crippen molar-refractivity contribution in [3.63, 3.8) is 0 Å². The second-order valence-corrected chi connectivity index (χ2v) is 4.90. The van der Waals surface area contributed by atoms with Gasteiger partial charge in [0.2, 0.25) is 0 Å². The molecule has 0 atom stereocenters. The van der Waals surface area contributed by atoms with Crippen molar-refractivity contribution in [1.82, 2.24) is 9.55 Å². The maximum absolute atomic E-state index is 12.3. The number of amides is 1. The van der Waals surface area contributed by atoms with E-state index in [1.807, 2.05) is 36.5 Å². The summed E-state index contributed by atoms with van der Waals surface area (Å²) in [5, 5.41) is 0. The summed E-state index contributed by atoms with van der Waals surface area (Å²) in [6.45, 7) is 1.01. The smallest absolute Gasteiger partial charge is 0.259 e. The number of nitrogens with zero attached hydrogens (tertiary/aromatic N) is 3. The summed E-state index contributed by atoms with van der Waals surface area (Å²) in [6, 6.07) is 9.31. The van der Waals surface area contributed by atoms with Crippen LogP contribution in [0, 0.1) is 0 Å². The molecule has 0 spiro atoms. The van der Waals surface area contributed by atoms with Crippen LogP contribution >= 0.6 is 0 Å². The number of hydrogen-bond donors (Lipinski definition) is 0. The third kappa shape index (κ3) is 2.26. The molecule has 2 heterocycles. The van der Waals surface area contributed by atoms with E-state index in [-0.39, 0.29) is 5.91 Å². The predicted molar refractivity (Wildman–Crippen MR) is 74.3 cm³/mol. The van der Waals surface area contributed by atoms with E-state index in [4.69, 9.17) is 0 Å². The van der Waals surface area contributed by atoms with Crippen molar-refractivity contribution < 1.29 is 4.79 Å². The van der Waals surface area contributed by atoms with Gasteiger partial charge in [-0.05, 0) is 25.0 Å². The Morgan fingerprint density at radius 1 is 1.26 bits per heavy atom. The summed E-state index contributed by atoms with van der Waals surface area (Å²) in [7, 11) is 1.78. The Labute approximate surface area is 112 Å². The minimum atomic E-state index is -0.0175. The lowest BCUT2D eigenvalue weighted by molar-refractivity contribution is 0.0992. The lowest BCUT2D eigenvalue weighted by Gasteiger charge is -2.13. The van der Waals surface area contributed by atoms with Crippen LogP contribution in [-0.2, 0) is 13.0 Å². The van der Waals surface area contributed by atoms with Gasteiger partial charge in [-0.1, -0.05) is 18.2 Å². The lowest BCUT2D eigenvalue weighted by Crippen LogP contribution is -2.26. The van der Waals surface area contributed by atoms with Gasteiger partial charge in [-0.15, -0.1) is 0 Å². The average molecular weight is 255 g/mol. The van der Waals surface area contributed by atoms with E-state index in [1.54, 1.807) is 11.9 Å². The monoisotopic (exact) mass is 255 g/mol. The number of imidazole rings is 1. The first-order valence-corrected chi connectivity index (χ1v) is 6.65. The fourth-order valence-electron chi connectivity index (χ4n) is 2.44. The van der Waals surface area contributed by atoms with Gasteiger partial charge in [0.25, 0.3) is 5.91 Å². The van der Waals surface area contributed by atoms with Gasteiger partial charge in [-0.2, -0.15) is 0 Å². The molecule has 3 rings (SSSR count). The highest BCUT2D eigenvalue weighted by Crippen LogP contribution is 2.20. The second kappa shape index (κ2) is 4.88. The largest absolute Gasteiger partial charge is 0.333 e. The van der Waals surface area contributed by atoms with Crippen LogP contribution in [-0.4, -0.2) is 22.5 Å². The molecule has 1 aliphatic rings. The number of benzene rings is 1. The number of fused-ring (bicyclic) bond motifs is 1. The summed E-state index contributed by atoms with van der Waals surface area (Å²) in [5.41, 5.74) is 0.691. The first kappa shape index (κ1) is 12.0. The number of carbonyl (C=O) groups excluding carboxylic acids is 1. The number of hydrogen-bond acceptors (Lipinski definition) is 2. The van der Waals surface area contributed by atoms with E-state index >= 15 is 0 Å². The van der Waals surface area contributed by atoms with Crippen molar-refractivity contribution in [1.29, 1.82) is 0 Å². The maximum atomic E-state index is 12.3. The summed E-state index contributed by atoms with van der Waals surface area (Å²) < 4.78 is 2.16. The van der Waals surface area contributed by atoms with Gasteiger partial charge < -0.3 is 4.57 Å². The van der Waals surface area contributed by atoms with Gasteiger partial charge in [0.15, 0.2) is 5.82 Å². The van der Waals surface area contributed by atoms with Crippen LogP contribution in [0.4, 0.5) is 5.82 Å². The van der Waals surface area contributed by atoms with Crippen LogP contribution in [0.25, 0.3) is 0 Å². The van der Waals surface area contributed by atoms with E-state index in [1.165, 1.54) is 12.8 Å². The Morgan fingerprint density at radius 3 is 2.79 bits per heavy atom. The number of rotatable bonds is 2. The molecule has 0 N–H and O–H groups in total. The molecule has 2 aromatic rings. The predicted octanol–water partition coefficient (Wildman–Crippen LogP) is 2.50. The minimum Gasteiger partial charge on any atom is -0.333 e. The quantitative estimate of drug-likeness (QED) is 0.827. The van der Waals surface area contributed by atoms with Gasteiger partial charge >= 0.3 is 0 Å². The zero-order valence-electron chi connectivity index (χ0n) is 11.0. The molecule has 0 unspecified atom stereocenters. The molecule has 4 nitrogen and oxygen atoms in total. The van der Waals surface area contributed by atoms with Crippen molar-refractivity contribution in [2.45, 2.75) is 25.8 Å². The third-order valence-corrected chi connectivity index (χ3v) is 3.56. The molecule has 0 saturated heterocycles. The average Bonchev–Trinajstić information content (AvgIpc) is 2.90. The lowest BCUT2D eigenvalue weighted by atomic mass is 10.2. The molecule has 1 amide bonds. The fourth-order valence-corrected chi connectivity index (χ4v) is 2.44. The molecular formula is C15H17N3O. The van der Waals surface area contributed by atoms with E-state index in [9.17, 15) is 4.79 Å². The topological polar surface area (TPSA) is 38.1 Å². The molecular weight excluding hydrogens is 238 g/mol. The van der Waals surface area contributed by atoms with Gasteiger partial charge in [0.05, 0.1) is 0 Å². The maximum Gasteiger partial charge on any atom is 0.259 e. The fraction of sp³-hybridized carbons (Fsp3) is 0.333. The Morgan fingerprint density at radius 2 is 2.05 bits per heavy atom. The Hall–Kier alpha value is -2.10. The zero-order chi connectivity index (χ0) is 13.2. The van der Waals surface area contributed by atoms with Crippen molar-refractivity contribution in [3.05, 3.63) is 47.9 Å². The highest BCUT2D eigenvalue weighted by atomic mass is 16.2. The molecule has 0 fully saturated rings. The van der Waals surface area contributed by atoms with Crippen LogP contribution in [0.5, 0.6) is 0 Å². The zero-order valence-corrected chi connectivity index (χ0v) is 11.0. The van der Waals surface area contributed by atoms with Crippen LogP contribution in [0.15, 0.2) is 36.5 Å². The van der Waals surface area contributed by atoms with Gasteiger partial charge in [-0.3, -0.25) is 9.69 Å². The van der Waals surface area contributed by atoms with E-state index in [2.05, 4.69) is 9.55 Å². The van der Waals surface area contributed by atoms with E-state index in [0.29, 0.717) is 5.56 Å². The molecule has 1 aliphatic heterocycles. The molecule has 98 valence electrons. The van der Waals surface area contributed by atoms with Crippen LogP contribution in [0.1, 0.15) is 29.0 Å². The first-order valence-electron chi connectivity index (χ1n) is 6.65. The van der Waals surface area contributed by atoms with Gasteiger partial charge in [0.1, 0.15) is 5.82 Å². The van der Waals surface area contributed by atoms with Gasteiger partial charge in [0, 0.05) is 31.8 Å². The summed E-state index contributed by atoms with van der Waals surface area (Å²) in [6.07, 6.45) is 5.37. The summed E-state index contributed by atoms with van der Waals surface area (Å²) >= 11 is 0. The normalized spacial score (nSPS) is 13.9. The third-order valence-electron chi connectivity index (χ3n) is 3.56. The Balaban J connectivity index is 1.86. The molecule has 0 aliphatic carbocycles. The molecule has 0 saturated carbocycles. The molecule has 1 aromatic carbocycles. The standard InChI is InChI=1S/C15H17N3O/c1-17(15(19)12-7-3-2-4-8-12)14-11-18-10-6-5-9-13(18)16-14/h2-4,7-8,11H,5-6,9-10H2,1H3. The van der Waals surface area contributed by atoms with Crippen molar-refractivity contribution in [3.8, 4) is 0 Å². The van der Waals surface area contributed by atoms with Crippen molar-refractivity contribution in [2.75, 3.05) is 11.9 Å². The summed E-state index contributed by atoms with van der Waals surface area (Å²) in [5.74, 6) is 1.82. The SMILES string of the molecule is CN(C(=O)c1ccccc1)c1cn2c(n1)CCCC2. The summed E-state index contributed by atoms with van der Waals surface area (Å²) in [4.78, 5) is 18.5. The Bertz CT molecular complexity index is 565. The number of aromatic nitrogens is 2.